The number of nitrogens with zero attached hydrogens (tertiary/aromatic N) is 1. The molecule has 0 unspecified atom stereocenters. The highest BCUT2D eigenvalue weighted by molar-refractivity contribution is 7.13. The van der Waals surface area contributed by atoms with Crippen molar-refractivity contribution in [2.45, 2.75) is 13.8 Å². The molecular weight excluding hydrogens is 180 g/mol. The Kier molecular flexibility index (Phi) is 3.71. The molecule has 0 saturated heterocycles. The number of nitrogens with one attached hydrogen (secondary N) is 1. The highest BCUT2D eigenvalue weighted by Crippen LogP contribution is 2.21. The molecule has 0 atom stereocenters. The Bertz CT molecular complexity index is 323. The lowest BCUT2D eigenvalue weighted by Crippen LogP contribution is -1.87. The van der Waals surface area contributed by atoms with Crippen LogP contribution in [-0.2, 0) is 0 Å². The average molecular weight is 194 g/mol. The smallest absolute Gasteiger partial charge is 0.182 e. The van der Waals surface area contributed by atoms with Crippen molar-refractivity contribution in [2.75, 3.05) is 12.4 Å². The summed E-state index contributed by atoms with van der Waals surface area (Å²) in [4.78, 5) is 4.41. The summed E-state index contributed by atoms with van der Waals surface area (Å²) in [5.74, 6) is 0. The van der Waals surface area contributed by atoms with Gasteiger partial charge in [0.05, 0.1) is 5.69 Å². The molecule has 1 heterocycles. The first-order chi connectivity index (χ1) is 6.31. The zero-order chi connectivity index (χ0) is 9.68. The molecule has 1 aromatic rings. The fourth-order valence-electron chi connectivity index (χ4n) is 1.03. The number of hydrogen-bond donors (Lipinski definition) is 1. The number of anilines is 1. The normalized spacial score (nSPS) is 12.4. The molecule has 13 heavy (non-hydrogen) atoms. The lowest BCUT2D eigenvalue weighted by atomic mass is 10.2. The maximum atomic E-state index is 4.41. The van der Waals surface area contributed by atoms with E-state index in [9.17, 15) is 0 Å². The molecule has 0 saturated carbocycles. The second-order valence-electron chi connectivity index (χ2n) is 2.53. The predicted octanol–water partition coefficient (Wildman–Crippen LogP) is 3.16. The van der Waals surface area contributed by atoms with Gasteiger partial charge in [0.15, 0.2) is 5.13 Å². The van der Waals surface area contributed by atoms with E-state index in [4.69, 9.17) is 0 Å². The monoisotopic (exact) mass is 194 g/mol. The van der Waals surface area contributed by atoms with Crippen LogP contribution in [0.1, 0.15) is 19.5 Å². The van der Waals surface area contributed by atoms with Gasteiger partial charge in [0, 0.05) is 12.4 Å². The van der Waals surface area contributed by atoms with Crippen LogP contribution in [0, 0.1) is 0 Å². The minimum Gasteiger partial charge on any atom is -0.365 e. The molecule has 0 aliphatic carbocycles. The van der Waals surface area contributed by atoms with Gasteiger partial charge in [0.25, 0.3) is 0 Å². The summed E-state index contributed by atoms with van der Waals surface area (Å²) >= 11 is 1.62. The zero-order valence-electron chi connectivity index (χ0n) is 8.16. The first-order valence-electron chi connectivity index (χ1n) is 4.24. The van der Waals surface area contributed by atoms with E-state index in [0.717, 1.165) is 10.8 Å². The summed E-state index contributed by atoms with van der Waals surface area (Å²) in [6.45, 7) is 4.03. The van der Waals surface area contributed by atoms with Gasteiger partial charge in [-0.15, -0.1) is 11.3 Å². The van der Waals surface area contributed by atoms with Crippen molar-refractivity contribution in [1.29, 1.82) is 0 Å². The third kappa shape index (κ3) is 2.42. The topological polar surface area (TPSA) is 24.9 Å². The molecule has 0 radical (unpaired) electrons. The van der Waals surface area contributed by atoms with Crippen LogP contribution < -0.4 is 5.32 Å². The fraction of sp³-hybridized carbons (Fsp3) is 0.300. The van der Waals surface area contributed by atoms with Crippen molar-refractivity contribution in [3.05, 3.63) is 29.3 Å². The van der Waals surface area contributed by atoms with E-state index in [0.29, 0.717) is 0 Å². The van der Waals surface area contributed by atoms with Crippen LogP contribution in [0.5, 0.6) is 0 Å². The van der Waals surface area contributed by atoms with Crippen molar-refractivity contribution in [1.82, 2.24) is 4.98 Å². The Morgan fingerprint density at radius 3 is 2.77 bits per heavy atom. The molecule has 1 rings (SSSR count). The van der Waals surface area contributed by atoms with Crippen molar-refractivity contribution in [3.63, 3.8) is 0 Å². The van der Waals surface area contributed by atoms with Crippen LogP contribution in [0.3, 0.4) is 0 Å². The van der Waals surface area contributed by atoms with Crippen molar-refractivity contribution in [2.24, 2.45) is 0 Å². The first kappa shape index (κ1) is 9.99. The standard InChI is InChI=1S/C10H14N2S/c1-4-6-8(5-2)9-7-13-10(11-3)12-9/h4-7H,1-3H3,(H,11,12)/b6-4-,8-5+. The molecule has 0 aliphatic rings. The number of thiazole rings is 1. The van der Waals surface area contributed by atoms with Crippen LogP contribution in [-0.4, -0.2) is 12.0 Å². The summed E-state index contributed by atoms with van der Waals surface area (Å²) in [6.07, 6.45) is 6.15. The van der Waals surface area contributed by atoms with Crippen molar-refractivity contribution < 1.29 is 0 Å². The van der Waals surface area contributed by atoms with Crippen LogP contribution >= 0.6 is 11.3 Å². The van der Waals surface area contributed by atoms with E-state index >= 15 is 0 Å². The molecule has 0 spiro atoms. The molecular formula is C10H14N2S. The van der Waals surface area contributed by atoms with Gasteiger partial charge in [0.2, 0.25) is 0 Å². The molecule has 3 heteroatoms. The second-order valence-corrected chi connectivity index (χ2v) is 3.39. The molecule has 0 aliphatic heterocycles. The van der Waals surface area contributed by atoms with Crippen LogP contribution in [0.15, 0.2) is 23.6 Å². The summed E-state index contributed by atoms with van der Waals surface area (Å²) in [6, 6.07) is 0. The molecule has 1 N–H and O–H groups in total. The first-order valence-corrected chi connectivity index (χ1v) is 5.12. The Morgan fingerprint density at radius 1 is 1.54 bits per heavy atom. The van der Waals surface area contributed by atoms with E-state index in [1.54, 1.807) is 11.3 Å². The van der Waals surface area contributed by atoms with E-state index in [1.165, 1.54) is 5.57 Å². The van der Waals surface area contributed by atoms with Crippen LogP contribution in [0.4, 0.5) is 5.13 Å². The quantitative estimate of drug-likeness (QED) is 0.748. The molecule has 0 fully saturated rings. The lowest BCUT2D eigenvalue weighted by Gasteiger charge is -1.94. The van der Waals surface area contributed by atoms with Gasteiger partial charge in [-0.1, -0.05) is 18.2 Å². The van der Waals surface area contributed by atoms with Gasteiger partial charge in [-0.3, -0.25) is 0 Å². The van der Waals surface area contributed by atoms with Crippen molar-refractivity contribution in [3.8, 4) is 0 Å². The predicted molar refractivity (Wildman–Crippen MR) is 60.1 cm³/mol. The highest BCUT2D eigenvalue weighted by atomic mass is 32.1. The van der Waals surface area contributed by atoms with E-state index in [-0.39, 0.29) is 0 Å². The zero-order valence-corrected chi connectivity index (χ0v) is 8.98. The highest BCUT2D eigenvalue weighted by Gasteiger charge is 2.01. The number of rotatable bonds is 3. The largest absolute Gasteiger partial charge is 0.365 e. The SMILES string of the molecule is C/C=C\C(=C/C)c1csc(NC)n1. The maximum Gasteiger partial charge on any atom is 0.182 e. The fourth-order valence-corrected chi connectivity index (χ4v) is 1.71. The van der Waals surface area contributed by atoms with E-state index in [1.807, 2.05) is 27.0 Å². The van der Waals surface area contributed by atoms with E-state index < -0.39 is 0 Å². The Balaban J connectivity index is 2.92. The Labute approximate surface area is 83.0 Å². The maximum absolute atomic E-state index is 4.41. The Hall–Kier alpha value is -1.09. The van der Waals surface area contributed by atoms with Crippen LogP contribution in [0.2, 0.25) is 0 Å². The lowest BCUT2D eigenvalue weighted by molar-refractivity contribution is 1.32. The minimum absolute atomic E-state index is 0.957. The third-order valence-electron chi connectivity index (χ3n) is 1.67. The molecule has 0 bridgehead atoms. The number of hydrogen-bond acceptors (Lipinski definition) is 3. The van der Waals surface area contributed by atoms with Gasteiger partial charge in [0.1, 0.15) is 0 Å². The van der Waals surface area contributed by atoms with Gasteiger partial charge in [-0.2, -0.15) is 0 Å². The van der Waals surface area contributed by atoms with Crippen LogP contribution in [0.25, 0.3) is 5.57 Å². The molecule has 2 nitrogen and oxygen atoms in total. The van der Waals surface area contributed by atoms with Gasteiger partial charge < -0.3 is 5.32 Å². The van der Waals surface area contributed by atoms with Gasteiger partial charge >= 0.3 is 0 Å². The summed E-state index contributed by atoms with van der Waals surface area (Å²) in [5, 5.41) is 6.04. The van der Waals surface area contributed by atoms with Crippen molar-refractivity contribution >= 4 is 22.0 Å². The minimum atomic E-state index is 0.957. The second kappa shape index (κ2) is 4.82. The summed E-state index contributed by atoms with van der Waals surface area (Å²) in [5.41, 5.74) is 2.20. The molecule has 0 amide bonds. The summed E-state index contributed by atoms with van der Waals surface area (Å²) < 4.78 is 0. The van der Waals surface area contributed by atoms with Gasteiger partial charge in [-0.25, -0.2) is 4.98 Å². The molecule has 70 valence electrons. The molecule has 1 aromatic heterocycles. The summed E-state index contributed by atoms with van der Waals surface area (Å²) in [7, 11) is 1.88. The third-order valence-corrected chi connectivity index (χ3v) is 2.53. The van der Waals surface area contributed by atoms with E-state index in [2.05, 4.69) is 27.8 Å². The molecule has 0 aromatic carbocycles. The number of aromatic nitrogens is 1. The average Bonchev–Trinajstić information content (AvgIpc) is 2.62. The number of allylic oxidation sites excluding steroid dienone is 4. The Morgan fingerprint density at radius 2 is 2.31 bits per heavy atom. The van der Waals surface area contributed by atoms with Gasteiger partial charge in [-0.05, 0) is 19.4 Å².